The monoisotopic (exact) mass is 346 g/mol. The summed E-state index contributed by atoms with van der Waals surface area (Å²) in [5.74, 6) is -0.182. The van der Waals surface area contributed by atoms with Crippen LogP contribution < -0.4 is 4.74 Å². The van der Waals surface area contributed by atoms with Crippen LogP contribution in [0.15, 0.2) is 48.5 Å². The van der Waals surface area contributed by atoms with E-state index >= 15 is 0 Å². The van der Waals surface area contributed by atoms with E-state index in [2.05, 4.69) is 0 Å². The van der Waals surface area contributed by atoms with Gasteiger partial charge in [0.1, 0.15) is 5.75 Å². The zero-order valence-corrected chi connectivity index (χ0v) is 14.6. The minimum atomic E-state index is -1.14. The zero-order chi connectivity index (χ0) is 17.7. The number of hydrogen-bond acceptors (Lipinski definition) is 4. The summed E-state index contributed by atoms with van der Waals surface area (Å²) in [6.45, 7) is 5.26. The summed E-state index contributed by atoms with van der Waals surface area (Å²) in [7, 11) is 0. The maximum Gasteiger partial charge on any atom is 0.349 e. The Bertz CT molecular complexity index is 735. The predicted molar refractivity (Wildman–Crippen MR) is 92.7 cm³/mol. The standard InChI is InChI=1S/C19H19ClO4/c1-4-23-18(22)19(2,3)24-16-7-5-6-14(12-16)17(21)13-8-10-15(20)11-9-13/h5-12H,4H2,1-3H3. The molecule has 0 aliphatic heterocycles. The summed E-state index contributed by atoms with van der Waals surface area (Å²) in [5.41, 5.74) is -0.145. The van der Waals surface area contributed by atoms with Gasteiger partial charge in [0.25, 0.3) is 0 Å². The number of rotatable bonds is 6. The Morgan fingerprint density at radius 2 is 1.71 bits per heavy atom. The van der Waals surface area contributed by atoms with Gasteiger partial charge in [-0.1, -0.05) is 23.7 Å². The van der Waals surface area contributed by atoms with Crippen LogP contribution in [0.5, 0.6) is 5.75 Å². The summed E-state index contributed by atoms with van der Waals surface area (Å²) in [6, 6.07) is 13.4. The Kier molecular flexibility index (Phi) is 5.62. The highest BCUT2D eigenvalue weighted by Gasteiger charge is 2.31. The number of halogens is 1. The van der Waals surface area contributed by atoms with E-state index in [1.54, 1.807) is 69.3 Å². The number of carbonyl (C=O) groups is 2. The number of ether oxygens (including phenoxy) is 2. The van der Waals surface area contributed by atoms with E-state index in [0.717, 1.165) is 0 Å². The van der Waals surface area contributed by atoms with E-state index in [0.29, 0.717) is 21.9 Å². The molecule has 2 rings (SSSR count). The molecule has 0 saturated carbocycles. The number of esters is 1. The second-order valence-corrected chi connectivity index (χ2v) is 6.13. The number of benzene rings is 2. The highest BCUT2D eigenvalue weighted by Crippen LogP contribution is 2.22. The minimum absolute atomic E-state index is 0.147. The van der Waals surface area contributed by atoms with Gasteiger partial charge in [0.05, 0.1) is 6.61 Å². The van der Waals surface area contributed by atoms with E-state index in [-0.39, 0.29) is 12.4 Å². The first-order valence-electron chi connectivity index (χ1n) is 7.60. The fourth-order valence-corrected chi connectivity index (χ4v) is 2.24. The quantitative estimate of drug-likeness (QED) is 0.578. The first-order valence-corrected chi connectivity index (χ1v) is 7.98. The lowest BCUT2D eigenvalue weighted by Crippen LogP contribution is -2.39. The molecular formula is C19H19ClO4. The summed E-state index contributed by atoms with van der Waals surface area (Å²) >= 11 is 5.84. The molecule has 0 bridgehead atoms. The smallest absolute Gasteiger partial charge is 0.349 e. The van der Waals surface area contributed by atoms with Crippen molar-refractivity contribution in [3.8, 4) is 5.75 Å². The Labute approximate surface area is 146 Å². The summed E-state index contributed by atoms with van der Waals surface area (Å²) in [6.07, 6.45) is 0. The van der Waals surface area contributed by atoms with Crippen molar-refractivity contribution in [2.45, 2.75) is 26.4 Å². The average molecular weight is 347 g/mol. The van der Waals surface area contributed by atoms with E-state index in [4.69, 9.17) is 21.1 Å². The maximum absolute atomic E-state index is 12.5. The van der Waals surface area contributed by atoms with Crippen molar-refractivity contribution in [1.82, 2.24) is 0 Å². The Balaban J connectivity index is 2.21. The lowest BCUT2D eigenvalue weighted by Gasteiger charge is -2.24. The highest BCUT2D eigenvalue weighted by molar-refractivity contribution is 6.30. The van der Waals surface area contributed by atoms with Crippen molar-refractivity contribution in [3.05, 3.63) is 64.7 Å². The van der Waals surface area contributed by atoms with Crippen molar-refractivity contribution in [2.75, 3.05) is 6.61 Å². The lowest BCUT2D eigenvalue weighted by atomic mass is 10.0. The molecule has 2 aromatic carbocycles. The molecule has 0 unspecified atom stereocenters. The van der Waals surface area contributed by atoms with Crippen LogP contribution in [0, 0.1) is 0 Å². The molecule has 4 nitrogen and oxygen atoms in total. The van der Waals surface area contributed by atoms with Crippen molar-refractivity contribution < 1.29 is 19.1 Å². The van der Waals surface area contributed by atoms with Crippen LogP contribution in [0.4, 0.5) is 0 Å². The van der Waals surface area contributed by atoms with Crippen LogP contribution in [0.3, 0.4) is 0 Å². The Hall–Kier alpha value is -2.33. The molecule has 2 aromatic rings. The molecule has 0 atom stereocenters. The van der Waals surface area contributed by atoms with Crippen LogP contribution in [0.25, 0.3) is 0 Å². The molecule has 0 aromatic heterocycles. The third kappa shape index (κ3) is 4.36. The van der Waals surface area contributed by atoms with Gasteiger partial charge in [-0.05, 0) is 57.2 Å². The summed E-state index contributed by atoms with van der Waals surface area (Å²) in [4.78, 5) is 24.4. The van der Waals surface area contributed by atoms with Crippen LogP contribution in [-0.2, 0) is 9.53 Å². The molecule has 0 heterocycles. The topological polar surface area (TPSA) is 52.6 Å². The summed E-state index contributed by atoms with van der Waals surface area (Å²) in [5, 5.41) is 0.569. The fourth-order valence-electron chi connectivity index (χ4n) is 2.11. The SMILES string of the molecule is CCOC(=O)C(C)(C)Oc1cccc(C(=O)c2ccc(Cl)cc2)c1. The average Bonchev–Trinajstić information content (AvgIpc) is 2.55. The van der Waals surface area contributed by atoms with Crippen molar-refractivity contribution in [2.24, 2.45) is 0 Å². The molecule has 5 heteroatoms. The molecule has 0 fully saturated rings. The molecule has 0 aliphatic rings. The second-order valence-electron chi connectivity index (χ2n) is 5.70. The first kappa shape index (κ1) is 18.0. The normalized spacial score (nSPS) is 11.0. The number of ketones is 1. The third-order valence-electron chi connectivity index (χ3n) is 3.34. The van der Waals surface area contributed by atoms with Crippen LogP contribution in [0.2, 0.25) is 5.02 Å². The Morgan fingerprint density at radius 3 is 2.33 bits per heavy atom. The van der Waals surface area contributed by atoms with Gasteiger partial charge in [-0.2, -0.15) is 0 Å². The van der Waals surface area contributed by atoms with Gasteiger partial charge in [-0.15, -0.1) is 0 Å². The van der Waals surface area contributed by atoms with Gasteiger partial charge in [0.2, 0.25) is 0 Å². The second kappa shape index (κ2) is 7.49. The van der Waals surface area contributed by atoms with E-state index < -0.39 is 11.6 Å². The molecule has 0 amide bonds. The molecule has 24 heavy (non-hydrogen) atoms. The third-order valence-corrected chi connectivity index (χ3v) is 3.59. The fraction of sp³-hybridized carbons (Fsp3) is 0.263. The first-order chi connectivity index (χ1) is 11.3. The van der Waals surface area contributed by atoms with Gasteiger partial charge in [-0.3, -0.25) is 4.79 Å². The number of hydrogen-bond donors (Lipinski definition) is 0. The van der Waals surface area contributed by atoms with Gasteiger partial charge in [0.15, 0.2) is 11.4 Å². The minimum Gasteiger partial charge on any atom is -0.476 e. The van der Waals surface area contributed by atoms with Crippen LogP contribution in [-0.4, -0.2) is 24.0 Å². The molecule has 0 radical (unpaired) electrons. The van der Waals surface area contributed by atoms with E-state index in [1.807, 2.05) is 0 Å². The predicted octanol–water partition coefficient (Wildman–Crippen LogP) is 4.29. The molecule has 0 N–H and O–H groups in total. The van der Waals surface area contributed by atoms with Crippen molar-refractivity contribution >= 4 is 23.4 Å². The zero-order valence-electron chi connectivity index (χ0n) is 13.8. The van der Waals surface area contributed by atoms with Gasteiger partial charge in [0, 0.05) is 16.1 Å². The van der Waals surface area contributed by atoms with Gasteiger partial charge < -0.3 is 9.47 Å². The summed E-state index contributed by atoms with van der Waals surface area (Å²) < 4.78 is 10.7. The molecule has 126 valence electrons. The molecular weight excluding hydrogens is 328 g/mol. The van der Waals surface area contributed by atoms with Crippen LogP contribution in [0.1, 0.15) is 36.7 Å². The van der Waals surface area contributed by atoms with E-state index in [1.165, 1.54) is 0 Å². The van der Waals surface area contributed by atoms with Crippen molar-refractivity contribution in [3.63, 3.8) is 0 Å². The highest BCUT2D eigenvalue weighted by atomic mass is 35.5. The van der Waals surface area contributed by atoms with Crippen LogP contribution >= 0.6 is 11.6 Å². The molecule has 0 spiro atoms. The molecule has 0 aliphatic carbocycles. The Morgan fingerprint density at radius 1 is 1.04 bits per heavy atom. The largest absolute Gasteiger partial charge is 0.476 e. The van der Waals surface area contributed by atoms with E-state index in [9.17, 15) is 9.59 Å². The van der Waals surface area contributed by atoms with Gasteiger partial charge in [-0.25, -0.2) is 4.79 Å². The molecule has 0 saturated heterocycles. The number of carbonyl (C=O) groups excluding carboxylic acids is 2. The lowest BCUT2D eigenvalue weighted by molar-refractivity contribution is -0.158. The van der Waals surface area contributed by atoms with Gasteiger partial charge >= 0.3 is 5.97 Å². The maximum atomic E-state index is 12.5. The van der Waals surface area contributed by atoms with Crippen molar-refractivity contribution in [1.29, 1.82) is 0 Å².